The molecule has 13 heavy (non-hydrogen) atoms. The number of rotatable bonds is 3. The van der Waals surface area contributed by atoms with Gasteiger partial charge in [-0.25, -0.2) is 0 Å². The van der Waals surface area contributed by atoms with Crippen molar-refractivity contribution in [2.45, 2.75) is 31.6 Å². The fourth-order valence-corrected chi connectivity index (χ4v) is 4.75. The molecule has 1 aliphatic heterocycles. The molecule has 3 nitrogen and oxygen atoms in total. The van der Waals surface area contributed by atoms with E-state index in [1.54, 1.807) is 0 Å². The van der Waals surface area contributed by atoms with Gasteiger partial charge in [-0.05, 0) is 21.8 Å². The normalized spacial score (nSPS) is 23.4. The van der Waals surface area contributed by atoms with Gasteiger partial charge in [0.05, 0.1) is 0 Å². The average Bonchev–Trinajstić information content (AvgIpc) is 2.28. The third-order valence-corrected chi connectivity index (χ3v) is 5.27. The maximum Gasteiger partial charge on any atom is 0.243 e. The molecule has 1 fully saturated rings. The van der Waals surface area contributed by atoms with Crippen LogP contribution in [0.3, 0.4) is 0 Å². The number of hydrogen-bond donors (Lipinski definition) is 0. The maximum absolute atomic E-state index is 11.6. The van der Waals surface area contributed by atoms with E-state index in [0.29, 0.717) is 6.42 Å². The molecule has 0 aliphatic carbocycles. The first-order valence-corrected chi connectivity index (χ1v) is 8.63. The molecule has 1 saturated heterocycles. The Morgan fingerprint density at radius 3 is 2.54 bits per heavy atom. The molecular formula is C7H10INO2S2. The van der Waals surface area contributed by atoms with Crippen LogP contribution in [-0.4, -0.2) is 28.0 Å². The largest absolute Gasteiger partial charge is 0.279 e. The highest BCUT2D eigenvalue weighted by atomic mass is 127. The summed E-state index contributed by atoms with van der Waals surface area (Å²) >= 11 is 2.12. The Hall–Kier alpha value is 0.570. The first kappa shape index (κ1) is 11.6. The molecular weight excluding hydrogens is 321 g/mol. The highest BCUT2D eigenvalue weighted by Gasteiger charge is 2.40. The summed E-state index contributed by atoms with van der Waals surface area (Å²) in [7, 11) is 2.97. The molecule has 0 radical (unpaired) electrons. The van der Waals surface area contributed by atoms with Crippen LogP contribution in [-0.2, 0) is 9.59 Å². The van der Waals surface area contributed by atoms with Crippen LogP contribution in [0.25, 0.3) is 0 Å². The summed E-state index contributed by atoms with van der Waals surface area (Å²) in [5, 5.41) is -0.170. The number of imide groups is 1. The predicted octanol–water partition coefficient (Wildman–Crippen LogP) is 2.25. The second-order valence-electron chi connectivity index (χ2n) is 3.05. The molecule has 0 aromatic carbocycles. The summed E-state index contributed by atoms with van der Waals surface area (Å²) in [4.78, 5) is 24.4. The van der Waals surface area contributed by atoms with E-state index in [4.69, 9.17) is 0 Å². The molecule has 0 N–H and O–H groups in total. The Balaban J connectivity index is 2.70. The summed E-state index contributed by atoms with van der Waals surface area (Å²) in [5.74, 6) is -0.0721. The molecule has 0 spiro atoms. The highest BCUT2D eigenvalue weighted by Crippen LogP contribution is 2.38. The SMILES string of the molecule is CC(C)N1C(=O)CC(SSI)C1=O. The average molecular weight is 331 g/mol. The van der Waals surface area contributed by atoms with Crippen LogP contribution in [0.1, 0.15) is 20.3 Å². The lowest BCUT2D eigenvalue weighted by atomic mass is 10.3. The van der Waals surface area contributed by atoms with E-state index in [-0.39, 0.29) is 23.1 Å². The van der Waals surface area contributed by atoms with Gasteiger partial charge in [0.15, 0.2) is 0 Å². The van der Waals surface area contributed by atoms with E-state index in [0.717, 1.165) is 0 Å². The van der Waals surface area contributed by atoms with Crippen LogP contribution in [0.2, 0.25) is 0 Å². The van der Waals surface area contributed by atoms with Crippen molar-refractivity contribution in [2.24, 2.45) is 0 Å². The highest BCUT2D eigenvalue weighted by molar-refractivity contribution is 14.2. The predicted molar refractivity (Wildman–Crippen MR) is 64.6 cm³/mol. The van der Waals surface area contributed by atoms with E-state index in [1.807, 2.05) is 13.8 Å². The lowest BCUT2D eigenvalue weighted by Crippen LogP contribution is -2.37. The summed E-state index contributed by atoms with van der Waals surface area (Å²) in [6.07, 6.45) is 0.359. The van der Waals surface area contributed by atoms with Crippen LogP contribution in [0.4, 0.5) is 0 Å². The van der Waals surface area contributed by atoms with Crippen molar-refractivity contribution < 1.29 is 9.59 Å². The summed E-state index contributed by atoms with van der Waals surface area (Å²) in [6.45, 7) is 3.72. The van der Waals surface area contributed by atoms with E-state index >= 15 is 0 Å². The number of carbonyl (C=O) groups excluding carboxylic acids is 2. The molecule has 74 valence electrons. The van der Waals surface area contributed by atoms with Crippen LogP contribution >= 0.6 is 40.0 Å². The Morgan fingerprint density at radius 1 is 1.54 bits per heavy atom. The molecule has 0 saturated carbocycles. The summed E-state index contributed by atoms with van der Waals surface area (Å²) in [5.41, 5.74) is 0. The molecule has 1 unspecified atom stereocenters. The molecule has 1 rings (SSSR count). The van der Waals surface area contributed by atoms with Crippen molar-refractivity contribution in [3.63, 3.8) is 0 Å². The third kappa shape index (κ3) is 2.53. The minimum atomic E-state index is -0.170. The van der Waals surface area contributed by atoms with E-state index in [1.165, 1.54) is 23.7 Å². The van der Waals surface area contributed by atoms with E-state index < -0.39 is 0 Å². The molecule has 0 aromatic rings. The summed E-state index contributed by atoms with van der Waals surface area (Å²) in [6, 6.07) is -0.00943. The number of amides is 2. The van der Waals surface area contributed by atoms with Crippen LogP contribution in [0, 0.1) is 0 Å². The Kier molecular flexibility index (Phi) is 4.37. The molecule has 1 heterocycles. The monoisotopic (exact) mass is 331 g/mol. The van der Waals surface area contributed by atoms with Gasteiger partial charge in [0, 0.05) is 33.7 Å². The maximum atomic E-state index is 11.6. The first-order chi connectivity index (χ1) is 6.07. The molecule has 1 atom stereocenters. The van der Waals surface area contributed by atoms with Gasteiger partial charge in [-0.3, -0.25) is 14.5 Å². The number of halogens is 1. The van der Waals surface area contributed by atoms with Crippen molar-refractivity contribution in [1.29, 1.82) is 0 Å². The van der Waals surface area contributed by atoms with Crippen molar-refractivity contribution >= 4 is 51.8 Å². The summed E-state index contributed by atoms with van der Waals surface area (Å²) < 4.78 is 0. The molecule has 0 bridgehead atoms. The van der Waals surface area contributed by atoms with Crippen molar-refractivity contribution in [2.75, 3.05) is 0 Å². The quantitative estimate of drug-likeness (QED) is 0.452. The minimum Gasteiger partial charge on any atom is -0.279 e. The topological polar surface area (TPSA) is 37.4 Å². The lowest BCUT2D eigenvalue weighted by Gasteiger charge is -2.18. The van der Waals surface area contributed by atoms with Crippen LogP contribution in [0.15, 0.2) is 0 Å². The second-order valence-corrected chi connectivity index (χ2v) is 8.13. The van der Waals surface area contributed by atoms with Gasteiger partial charge in [-0.1, -0.05) is 10.8 Å². The molecule has 0 aromatic heterocycles. The number of hydrogen-bond acceptors (Lipinski definition) is 4. The van der Waals surface area contributed by atoms with Gasteiger partial charge >= 0.3 is 0 Å². The van der Waals surface area contributed by atoms with Crippen molar-refractivity contribution in [3.8, 4) is 0 Å². The molecule has 2 amide bonds. The fraction of sp³-hybridized carbons (Fsp3) is 0.714. The van der Waals surface area contributed by atoms with Gasteiger partial charge < -0.3 is 0 Å². The zero-order valence-corrected chi connectivity index (χ0v) is 11.1. The van der Waals surface area contributed by atoms with Crippen molar-refractivity contribution in [3.05, 3.63) is 0 Å². The van der Waals surface area contributed by atoms with Gasteiger partial charge in [-0.15, -0.1) is 0 Å². The first-order valence-electron chi connectivity index (χ1n) is 3.88. The number of likely N-dealkylation sites (tertiary alicyclic amines) is 1. The minimum absolute atomic E-state index is 0.00943. The van der Waals surface area contributed by atoms with Gasteiger partial charge in [0.2, 0.25) is 11.8 Å². The lowest BCUT2D eigenvalue weighted by molar-refractivity contribution is -0.140. The van der Waals surface area contributed by atoms with E-state index in [2.05, 4.69) is 21.2 Å². The van der Waals surface area contributed by atoms with E-state index in [9.17, 15) is 9.59 Å². The van der Waals surface area contributed by atoms with Gasteiger partial charge in [0.1, 0.15) is 5.25 Å². The number of nitrogens with zero attached hydrogens (tertiary/aromatic N) is 1. The van der Waals surface area contributed by atoms with Crippen molar-refractivity contribution in [1.82, 2.24) is 4.90 Å². The van der Waals surface area contributed by atoms with Gasteiger partial charge in [-0.2, -0.15) is 0 Å². The third-order valence-electron chi connectivity index (χ3n) is 1.81. The number of carbonyl (C=O) groups is 2. The zero-order valence-electron chi connectivity index (χ0n) is 7.32. The Labute approximate surface area is 97.4 Å². The van der Waals surface area contributed by atoms with Crippen LogP contribution < -0.4 is 0 Å². The smallest absolute Gasteiger partial charge is 0.243 e. The Morgan fingerprint density at radius 2 is 2.15 bits per heavy atom. The van der Waals surface area contributed by atoms with Gasteiger partial charge in [0.25, 0.3) is 0 Å². The Bertz CT molecular complexity index is 235. The fourth-order valence-electron chi connectivity index (χ4n) is 1.28. The van der Waals surface area contributed by atoms with Crippen LogP contribution in [0.5, 0.6) is 0 Å². The zero-order chi connectivity index (χ0) is 10.0. The standard InChI is InChI=1S/C7H10INO2S2/c1-4(2)9-6(10)3-5(7(9)11)12-13-8/h4-5H,3H2,1-2H3. The molecule has 1 aliphatic rings. The molecule has 6 heteroatoms. The second kappa shape index (κ2) is 4.88.